The van der Waals surface area contributed by atoms with Crippen LogP contribution in [0.25, 0.3) is 11.0 Å². The molecule has 2 heterocycles. The van der Waals surface area contributed by atoms with Crippen LogP contribution in [-0.2, 0) is 0 Å². The van der Waals surface area contributed by atoms with Gasteiger partial charge in [-0.2, -0.15) is 0 Å². The van der Waals surface area contributed by atoms with Crippen molar-refractivity contribution in [2.45, 2.75) is 32.0 Å². The normalized spacial score (nSPS) is 22.4. The van der Waals surface area contributed by atoms with Gasteiger partial charge in [-0.3, -0.25) is 4.79 Å². The number of fused-ring (bicyclic) bond motifs is 1. The first-order valence-electron chi connectivity index (χ1n) is 9.28. The maximum absolute atomic E-state index is 14.0. The topological polar surface area (TPSA) is 62.9 Å². The Balaban J connectivity index is 1.54. The minimum Gasteiger partial charge on any atom is -0.487 e. The van der Waals surface area contributed by atoms with Crippen molar-refractivity contribution in [2.75, 3.05) is 13.1 Å². The molecule has 1 fully saturated rings. The van der Waals surface area contributed by atoms with Crippen LogP contribution in [-0.4, -0.2) is 40.7 Å². The zero-order valence-corrected chi connectivity index (χ0v) is 15.8. The number of piperidine rings is 1. The van der Waals surface area contributed by atoms with Gasteiger partial charge in [0.25, 0.3) is 5.91 Å². The Morgan fingerprint density at radius 1 is 1.25 bits per heavy atom. The maximum atomic E-state index is 14.0. The van der Waals surface area contributed by atoms with E-state index in [1.807, 2.05) is 30.3 Å². The van der Waals surface area contributed by atoms with Gasteiger partial charge in [0, 0.05) is 23.9 Å². The van der Waals surface area contributed by atoms with Gasteiger partial charge < -0.3 is 19.2 Å². The molecule has 4 rings (SSSR count). The fraction of sp³-hybridized carbons (Fsp3) is 0.318. The first kappa shape index (κ1) is 18.5. The quantitative estimate of drug-likeness (QED) is 0.745. The van der Waals surface area contributed by atoms with Crippen LogP contribution in [0.5, 0.6) is 5.75 Å². The van der Waals surface area contributed by atoms with Crippen LogP contribution in [0.1, 0.15) is 29.5 Å². The molecule has 0 spiro atoms. The van der Waals surface area contributed by atoms with E-state index in [2.05, 4.69) is 0 Å². The van der Waals surface area contributed by atoms with E-state index in [1.54, 1.807) is 26.0 Å². The molecule has 1 saturated heterocycles. The zero-order valence-electron chi connectivity index (χ0n) is 15.8. The SMILES string of the molecule is Cc1c(C(=O)N2CC[C@H](Oc3ccccc3)[C@@](C)(O)C2)oc2c(F)cccc12. The highest BCUT2D eigenvalue weighted by molar-refractivity contribution is 5.99. The first-order valence-corrected chi connectivity index (χ1v) is 9.28. The van der Waals surface area contributed by atoms with Gasteiger partial charge in [-0.15, -0.1) is 0 Å². The Kier molecular flexibility index (Phi) is 4.59. The number of nitrogens with zero attached hydrogens (tertiary/aromatic N) is 1. The Hall–Kier alpha value is -2.86. The fourth-order valence-electron chi connectivity index (χ4n) is 3.73. The molecule has 28 heavy (non-hydrogen) atoms. The lowest BCUT2D eigenvalue weighted by Gasteiger charge is -2.42. The third kappa shape index (κ3) is 3.24. The number of β-amino-alcohol motifs (C(OH)–C–C–N with tert-alkyl or cyclic N) is 1. The number of carbonyl (C=O) groups is 1. The molecule has 6 heteroatoms. The molecule has 2 aromatic carbocycles. The van der Waals surface area contributed by atoms with Crippen molar-refractivity contribution in [2.24, 2.45) is 0 Å². The highest BCUT2D eigenvalue weighted by atomic mass is 19.1. The summed E-state index contributed by atoms with van der Waals surface area (Å²) >= 11 is 0. The number of aliphatic hydroxyl groups is 1. The van der Waals surface area contributed by atoms with Crippen LogP contribution in [0, 0.1) is 12.7 Å². The summed E-state index contributed by atoms with van der Waals surface area (Å²) < 4.78 is 25.5. The molecular formula is C22H22FNO4. The van der Waals surface area contributed by atoms with Gasteiger partial charge in [-0.1, -0.05) is 30.3 Å². The van der Waals surface area contributed by atoms with Crippen LogP contribution in [0.2, 0.25) is 0 Å². The summed E-state index contributed by atoms with van der Waals surface area (Å²) in [7, 11) is 0. The molecule has 2 atom stereocenters. The number of aryl methyl sites for hydroxylation is 1. The predicted octanol–water partition coefficient (Wildman–Crippen LogP) is 3.92. The number of carbonyl (C=O) groups excluding carboxylic acids is 1. The molecule has 0 bridgehead atoms. The third-order valence-electron chi connectivity index (χ3n) is 5.28. The van der Waals surface area contributed by atoms with Gasteiger partial charge in [0.15, 0.2) is 17.2 Å². The Morgan fingerprint density at radius 3 is 2.68 bits per heavy atom. The number of hydrogen-bond donors (Lipinski definition) is 1. The number of halogens is 1. The predicted molar refractivity (Wildman–Crippen MR) is 103 cm³/mol. The number of furan rings is 1. The number of ether oxygens (including phenoxy) is 1. The molecule has 146 valence electrons. The van der Waals surface area contributed by atoms with Gasteiger partial charge >= 0.3 is 0 Å². The van der Waals surface area contributed by atoms with Gasteiger partial charge in [0.1, 0.15) is 17.5 Å². The van der Waals surface area contributed by atoms with Crippen molar-refractivity contribution < 1.29 is 23.4 Å². The molecule has 1 aromatic heterocycles. The van der Waals surface area contributed by atoms with Gasteiger partial charge in [-0.05, 0) is 32.0 Å². The van der Waals surface area contributed by atoms with E-state index in [9.17, 15) is 14.3 Å². The average Bonchev–Trinajstić information content (AvgIpc) is 3.02. The van der Waals surface area contributed by atoms with Crippen molar-refractivity contribution in [3.63, 3.8) is 0 Å². The summed E-state index contributed by atoms with van der Waals surface area (Å²) in [5.41, 5.74) is -0.547. The highest BCUT2D eigenvalue weighted by Gasteiger charge is 2.42. The second kappa shape index (κ2) is 6.95. The summed E-state index contributed by atoms with van der Waals surface area (Å²) in [6.45, 7) is 3.90. The molecular weight excluding hydrogens is 361 g/mol. The van der Waals surface area contributed by atoms with Crippen LogP contribution in [0.4, 0.5) is 4.39 Å². The summed E-state index contributed by atoms with van der Waals surface area (Å²) in [5, 5.41) is 11.5. The number of rotatable bonds is 3. The number of para-hydroxylation sites is 2. The Morgan fingerprint density at radius 2 is 2.00 bits per heavy atom. The van der Waals surface area contributed by atoms with Gasteiger partial charge in [0.2, 0.25) is 0 Å². The Labute approximate surface area is 162 Å². The van der Waals surface area contributed by atoms with E-state index in [4.69, 9.17) is 9.15 Å². The van der Waals surface area contributed by atoms with Crippen LogP contribution < -0.4 is 4.74 Å². The van der Waals surface area contributed by atoms with Crippen molar-refractivity contribution >= 4 is 16.9 Å². The molecule has 3 aromatic rings. The highest BCUT2D eigenvalue weighted by Crippen LogP contribution is 2.31. The molecule has 1 aliphatic heterocycles. The maximum Gasteiger partial charge on any atom is 0.289 e. The summed E-state index contributed by atoms with van der Waals surface area (Å²) in [4.78, 5) is 14.5. The number of likely N-dealkylation sites (tertiary alicyclic amines) is 1. The summed E-state index contributed by atoms with van der Waals surface area (Å²) in [6, 6.07) is 13.9. The molecule has 1 amide bonds. The lowest BCUT2D eigenvalue weighted by molar-refractivity contribution is -0.0902. The van der Waals surface area contributed by atoms with E-state index in [-0.39, 0.29) is 23.8 Å². The second-order valence-corrected chi connectivity index (χ2v) is 7.46. The monoisotopic (exact) mass is 383 g/mol. The van der Waals surface area contributed by atoms with E-state index in [1.165, 1.54) is 11.0 Å². The molecule has 5 nitrogen and oxygen atoms in total. The number of amides is 1. The molecule has 1 N–H and O–H groups in total. The Bertz CT molecular complexity index is 1010. The third-order valence-corrected chi connectivity index (χ3v) is 5.28. The van der Waals surface area contributed by atoms with E-state index < -0.39 is 17.5 Å². The van der Waals surface area contributed by atoms with E-state index in [0.717, 1.165) is 0 Å². The minimum atomic E-state index is -1.23. The summed E-state index contributed by atoms with van der Waals surface area (Å²) in [5.74, 6) is -0.0670. The van der Waals surface area contributed by atoms with Crippen molar-refractivity contribution in [3.8, 4) is 5.75 Å². The van der Waals surface area contributed by atoms with E-state index >= 15 is 0 Å². The molecule has 1 aliphatic rings. The standard InChI is InChI=1S/C22H22FNO4/c1-14-16-9-6-10-17(23)20(16)28-19(14)21(25)24-12-11-18(22(2,26)13-24)27-15-7-4-3-5-8-15/h3-10,18,26H,11-13H2,1-2H3/t18-,22-/m0/s1. The number of hydrogen-bond acceptors (Lipinski definition) is 4. The lowest BCUT2D eigenvalue weighted by Crippen LogP contribution is -2.58. The van der Waals surface area contributed by atoms with Gasteiger partial charge in [-0.25, -0.2) is 4.39 Å². The number of benzene rings is 2. The van der Waals surface area contributed by atoms with Crippen LogP contribution in [0.3, 0.4) is 0 Å². The zero-order chi connectivity index (χ0) is 19.9. The molecule has 0 aliphatic carbocycles. The van der Waals surface area contributed by atoms with Crippen LogP contribution in [0.15, 0.2) is 52.9 Å². The van der Waals surface area contributed by atoms with E-state index in [0.29, 0.717) is 29.7 Å². The first-order chi connectivity index (χ1) is 13.4. The summed E-state index contributed by atoms with van der Waals surface area (Å²) in [6.07, 6.45) is 0.0366. The lowest BCUT2D eigenvalue weighted by atomic mass is 9.91. The fourth-order valence-corrected chi connectivity index (χ4v) is 3.73. The van der Waals surface area contributed by atoms with Crippen molar-refractivity contribution in [1.82, 2.24) is 4.90 Å². The van der Waals surface area contributed by atoms with Gasteiger partial charge in [0.05, 0.1) is 6.54 Å². The van der Waals surface area contributed by atoms with Crippen molar-refractivity contribution in [1.29, 1.82) is 0 Å². The molecule has 0 saturated carbocycles. The van der Waals surface area contributed by atoms with Crippen LogP contribution >= 0.6 is 0 Å². The second-order valence-electron chi connectivity index (χ2n) is 7.46. The van der Waals surface area contributed by atoms with Crippen molar-refractivity contribution in [3.05, 3.63) is 65.7 Å². The minimum absolute atomic E-state index is 0.0809. The smallest absolute Gasteiger partial charge is 0.289 e. The molecule has 0 unspecified atom stereocenters. The largest absolute Gasteiger partial charge is 0.487 e. The molecule has 0 radical (unpaired) electrons. The average molecular weight is 383 g/mol.